The van der Waals surface area contributed by atoms with Gasteiger partial charge in [-0.1, -0.05) is 35.3 Å². The van der Waals surface area contributed by atoms with E-state index in [0.717, 1.165) is 0 Å². The van der Waals surface area contributed by atoms with Gasteiger partial charge < -0.3 is 15.4 Å². The molecule has 1 atom stereocenters. The third-order valence-corrected chi connectivity index (χ3v) is 4.10. The van der Waals surface area contributed by atoms with Crippen LogP contribution in [-0.2, 0) is 14.3 Å². The second-order valence-corrected chi connectivity index (χ2v) is 6.43. The number of ether oxygens (including phenoxy) is 1. The van der Waals surface area contributed by atoms with Crippen LogP contribution in [-0.4, -0.2) is 30.4 Å². The summed E-state index contributed by atoms with van der Waals surface area (Å²) in [6.07, 6.45) is -1.13. The van der Waals surface area contributed by atoms with E-state index >= 15 is 0 Å². The van der Waals surface area contributed by atoms with E-state index in [-0.39, 0.29) is 16.1 Å². The van der Waals surface area contributed by atoms with Gasteiger partial charge in [-0.3, -0.25) is 14.4 Å². The number of hydrogen-bond acceptors (Lipinski definition) is 5. The predicted molar refractivity (Wildman–Crippen MR) is 104 cm³/mol. The van der Waals surface area contributed by atoms with Crippen LogP contribution in [0.1, 0.15) is 22.8 Å². The van der Waals surface area contributed by atoms with E-state index in [0.29, 0.717) is 10.7 Å². The summed E-state index contributed by atoms with van der Waals surface area (Å²) in [6, 6.07) is 12.7. The lowest BCUT2D eigenvalue weighted by Gasteiger charge is -2.14. The monoisotopic (exact) mass is 419 g/mol. The van der Waals surface area contributed by atoms with E-state index < -0.39 is 30.4 Å². The number of carbonyl (C=O) groups is 3. The minimum atomic E-state index is -1.13. The van der Waals surface area contributed by atoms with Crippen molar-refractivity contribution in [2.45, 2.75) is 13.0 Å². The van der Waals surface area contributed by atoms with Crippen molar-refractivity contribution in [3.8, 4) is 6.07 Å². The molecule has 7 nitrogen and oxygen atoms in total. The second-order valence-electron chi connectivity index (χ2n) is 5.59. The highest BCUT2D eigenvalue weighted by Crippen LogP contribution is 2.20. The molecule has 0 aliphatic carbocycles. The maximum atomic E-state index is 12.1. The van der Waals surface area contributed by atoms with Crippen molar-refractivity contribution >= 4 is 46.7 Å². The van der Waals surface area contributed by atoms with Crippen LogP contribution in [0, 0.1) is 11.3 Å². The number of amides is 2. The summed E-state index contributed by atoms with van der Waals surface area (Å²) in [5, 5.41) is 14.4. The Bertz CT molecular complexity index is 956. The average Bonchev–Trinajstić information content (AvgIpc) is 2.66. The number of nitrogens with zero attached hydrogens (tertiary/aromatic N) is 1. The molecule has 0 heterocycles. The molecule has 144 valence electrons. The Kier molecular flexibility index (Phi) is 7.38. The van der Waals surface area contributed by atoms with Crippen LogP contribution < -0.4 is 10.6 Å². The lowest BCUT2D eigenvalue weighted by Crippen LogP contribution is -2.36. The van der Waals surface area contributed by atoms with Gasteiger partial charge in [0.05, 0.1) is 21.8 Å². The van der Waals surface area contributed by atoms with Gasteiger partial charge in [0.25, 0.3) is 11.8 Å². The Labute approximate surface area is 171 Å². The van der Waals surface area contributed by atoms with E-state index in [4.69, 9.17) is 33.2 Å². The number of benzene rings is 2. The van der Waals surface area contributed by atoms with Gasteiger partial charge in [-0.15, -0.1) is 0 Å². The summed E-state index contributed by atoms with van der Waals surface area (Å²) < 4.78 is 4.99. The number of halogens is 2. The highest BCUT2D eigenvalue weighted by atomic mass is 35.5. The smallest absolute Gasteiger partial charge is 0.326 e. The maximum absolute atomic E-state index is 12.1. The minimum absolute atomic E-state index is 0.141. The molecular weight excluding hydrogens is 405 g/mol. The molecule has 2 amide bonds. The molecule has 28 heavy (non-hydrogen) atoms. The number of esters is 1. The molecule has 1 unspecified atom stereocenters. The van der Waals surface area contributed by atoms with Crippen LogP contribution in [0.15, 0.2) is 42.5 Å². The molecule has 9 heteroatoms. The summed E-state index contributed by atoms with van der Waals surface area (Å²) in [4.78, 5) is 36.1. The van der Waals surface area contributed by atoms with E-state index in [9.17, 15) is 14.4 Å². The van der Waals surface area contributed by atoms with E-state index in [1.807, 2.05) is 6.07 Å². The molecule has 0 aliphatic rings. The van der Waals surface area contributed by atoms with Crippen molar-refractivity contribution in [3.63, 3.8) is 0 Å². The van der Waals surface area contributed by atoms with Crippen LogP contribution in [0.25, 0.3) is 0 Å². The Hall–Kier alpha value is -3.08. The molecule has 2 aromatic carbocycles. The summed E-state index contributed by atoms with van der Waals surface area (Å²) in [5.74, 6) is -2.00. The van der Waals surface area contributed by atoms with Crippen molar-refractivity contribution < 1.29 is 19.1 Å². The van der Waals surface area contributed by atoms with Crippen molar-refractivity contribution in [1.29, 1.82) is 5.26 Å². The molecule has 2 aromatic rings. The topological polar surface area (TPSA) is 108 Å². The number of anilines is 1. The Morgan fingerprint density at radius 2 is 1.89 bits per heavy atom. The summed E-state index contributed by atoms with van der Waals surface area (Å²) in [5.41, 5.74) is 0.739. The molecule has 0 aliphatic heterocycles. The van der Waals surface area contributed by atoms with Gasteiger partial charge in [0, 0.05) is 5.02 Å². The van der Waals surface area contributed by atoms with Crippen LogP contribution in [0.5, 0.6) is 0 Å². The quantitative estimate of drug-likeness (QED) is 0.698. The first-order valence-corrected chi connectivity index (χ1v) is 8.80. The van der Waals surface area contributed by atoms with Crippen LogP contribution in [0.3, 0.4) is 0 Å². The predicted octanol–water partition coefficient (Wildman–Crippen LogP) is 3.17. The summed E-state index contributed by atoms with van der Waals surface area (Å²) in [7, 11) is 0. The fourth-order valence-electron chi connectivity index (χ4n) is 2.14. The molecule has 0 saturated heterocycles. The normalized spacial score (nSPS) is 11.1. The van der Waals surface area contributed by atoms with E-state index in [2.05, 4.69) is 10.6 Å². The van der Waals surface area contributed by atoms with Gasteiger partial charge in [0.1, 0.15) is 12.6 Å². The molecule has 0 spiro atoms. The molecule has 0 saturated carbocycles. The van der Waals surface area contributed by atoms with E-state index in [1.165, 1.54) is 25.1 Å². The van der Waals surface area contributed by atoms with Crippen molar-refractivity contribution in [3.05, 3.63) is 63.6 Å². The van der Waals surface area contributed by atoms with Crippen LogP contribution in [0.2, 0.25) is 10.0 Å². The van der Waals surface area contributed by atoms with Crippen molar-refractivity contribution in [1.82, 2.24) is 5.32 Å². The third-order valence-electron chi connectivity index (χ3n) is 3.55. The second kappa shape index (κ2) is 9.74. The molecule has 2 rings (SSSR count). The lowest BCUT2D eigenvalue weighted by atomic mass is 10.2. The molecule has 0 bridgehead atoms. The zero-order valence-electron chi connectivity index (χ0n) is 14.7. The highest BCUT2D eigenvalue weighted by Gasteiger charge is 2.20. The highest BCUT2D eigenvalue weighted by molar-refractivity contribution is 6.36. The van der Waals surface area contributed by atoms with Crippen molar-refractivity contribution in [2.24, 2.45) is 0 Å². The molecule has 0 radical (unpaired) electrons. The standard InChI is InChI=1S/C19H15Cl2N3O4/c1-11(18(26)24-16-5-3-2-4-12(16)9-22)28-17(25)10-23-19(27)14-7-6-13(20)8-15(14)21/h2-8,11H,10H2,1H3,(H,23,27)(H,24,26). The zero-order chi connectivity index (χ0) is 20.7. The largest absolute Gasteiger partial charge is 0.451 e. The minimum Gasteiger partial charge on any atom is -0.451 e. The molecule has 2 N–H and O–H groups in total. The molecule has 0 fully saturated rings. The molecular formula is C19H15Cl2N3O4. The van der Waals surface area contributed by atoms with E-state index in [1.54, 1.807) is 24.3 Å². The Morgan fingerprint density at radius 1 is 1.18 bits per heavy atom. The lowest BCUT2D eigenvalue weighted by molar-refractivity contribution is -0.152. The van der Waals surface area contributed by atoms with Gasteiger partial charge in [0.2, 0.25) is 0 Å². The Morgan fingerprint density at radius 3 is 2.57 bits per heavy atom. The van der Waals surface area contributed by atoms with Gasteiger partial charge in [-0.25, -0.2) is 0 Å². The first-order valence-electron chi connectivity index (χ1n) is 8.04. The van der Waals surface area contributed by atoms with Gasteiger partial charge >= 0.3 is 5.97 Å². The number of para-hydroxylation sites is 1. The maximum Gasteiger partial charge on any atom is 0.326 e. The fourth-order valence-corrected chi connectivity index (χ4v) is 2.63. The first kappa shape index (κ1) is 21.2. The number of carbonyl (C=O) groups excluding carboxylic acids is 3. The zero-order valence-corrected chi connectivity index (χ0v) is 16.2. The average molecular weight is 420 g/mol. The number of rotatable bonds is 6. The SMILES string of the molecule is CC(OC(=O)CNC(=O)c1ccc(Cl)cc1Cl)C(=O)Nc1ccccc1C#N. The van der Waals surface area contributed by atoms with Gasteiger partial charge in [-0.05, 0) is 37.3 Å². The Balaban J connectivity index is 1.87. The van der Waals surface area contributed by atoms with Gasteiger partial charge in [-0.2, -0.15) is 5.26 Å². The number of hydrogen-bond donors (Lipinski definition) is 2. The summed E-state index contributed by atoms with van der Waals surface area (Å²) in [6.45, 7) is 0.921. The van der Waals surface area contributed by atoms with Crippen LogP contribution >= 0.6 is 23.2 Å². The fraction of sp³-hybridized carbons (Fsp3) is 0.158. The first-order chi connectivity index (χ1) is 13.3. The number of nitrogens with one attached hydrogen (secondary N) is 2. The number of nitriles is 1. The molecule has 0 aromatic heterocycles. The summed E-state index contributed by atoms with van der Waals surface area (Å²) >= 11 is 11.7. The van der Waals surface area contributed by atoms with Crippen LogP contribution in [0.4, 0.5) is 5.69 Å². The van der Waals surface area contributed by atoms with Crippen molar-refractivity contribution in [2.75, 3.05) is 11.9 Å². The third kappa shape index (κ3) is 5.71. The van der Waals surface area contributed by atoms with Gasteiger partial charge in [0.15, 0.2) is 6.10 Å².